The maximum Gasteiger partial charge on any atom is 0.292 e. The molecule has 0 aliphatic heterocycles. The average Bonchev–Trinajstić information content (AvgIpc) is 2.35. The van der Waals surface area contributed by atoms with Gasteiger partial charge in [0.05, 0.1) is 4.92 Å². The summed E-state index contributed by atoms with van der Waals surface area (Å²) >= 11 is 6.05. The van der Waals surface area contributed by atoms with Gasteiger partial charge in [0.1, 0.15) is 5.69 Å². The Hall–Kier alpha value is -1.29. The standard InChI is InChI=1S/C16H19ClN2O2/c17-13-1-2-15(19(20)21)14(6-13)18-16-7-10-3-11(8-16)5-12(4-10)9-16/h1-2,6,10-12,18H,3-5,7-9H2. The average molecular weight is 307 g/mol. The molecule has 4 nitrogen and oxygen atoms in total. The zero-order chi connectivity index (χ0) is 14.6. The molecule has 4 aliphatic carbocycles. The molecule has 21 heavy (non-hydrogen) atoms. The van der Waals surface area contributed by atoms with E-state index in [0.717, 1.165) is 37.0 Å². The Kier molecular flexibility index (Phi) is 2.93. The predicted octanol–water partition coefficient (Wildman–Crippen LogP) is 4.63. The van der Waals surface area contributed by atoms with E-state index in [2.05, 4.69) is 5.32 Å². The summed E-state index contributed by atoms with van der Waals surface area (Å²) in [6.07, 6.45) is 7.55. The lowest BCUT2D eigenvalue weighted by Crippen LogP contribution is -2.54. The zero-order valence-corrected chi connectivity index (χ0v) is 12.6. The van der Waals surface area contributed by atoms with Crippen LogP contribution < -0.4 is 5.32 Å². The molecule has 5 heteroatoms. The van der Waals surface area contributed by atoms with Gasteiger partial charge in [-0.05, 0) is 68.4 Å². The Morgan fingerprint density at radius 1 is 1.14 bits per heavy atom. The van der Waals surface area contributed by atoms with Crippen molar-refractivity contribution >= 4 is 23.0 Å². The number of nitro groups is 1. The van der Waals surface area contributed by atoms with Gasteiger partial charge in [-0.15, -0.1) is 0 Å². The van der Waals surface area contributed by atoms with Crippen LogP contribution in [0, 0.1) is 27.9 Å². The van der Waals surface area contributed by atoms with Crippen LogP contribution in [0.1, 0.15) is 38.5 Å². The second-order valence-corrected chi connectivity index (χ2v) is 7.68. The van der Waals surface area contributed by atoms with Crippen LogP contribution in [-0.4, -0.2) is 10.5 Å². The number of hydrogen-bond donors (Lipinski definition) is 1. The molecule has 4 saturated carbocycles. The van der Waals surface area contributed by atoms with Crippen LogP contribution >= 0.6 is 11.6 Å². The van der Waals surface area contributed by atoms with E-state index in [0.29, 0.717) is 10.7 Å². The van der Waals surface area contributed by atoms with Crippen molar-refractivity contribution in [2.24, 2.45) is 17.8 Å². The summed E-state index contributed by atoms with van der Waals surface area (Å²) in [5.74, 6) is 2.42. The molecule has 0 radical (unpaired) electrons. The molecular formula is C16H19ClN2O2. The summed E-state index contributed by atoms with van der Waals surface area (Å²) in [6.45, 7) is 0. The van der Waals surface area contributed by atoms with Crippen molar-refractivity contribution in [3.63, 3.8) is 0 Å². The number of hydrogen-bond acceptors (Lipinski definition) is 3. The molecule has 1 aromatic carbocycles. The van der Waals surface area contributed by atoms with Crippen LogP contribution in [0.5, 0.6) is 0 Å². The maximum absolute atomic E-state index is 11.2. The SMILES string of the molecule is O=[N+]([O-])c1ccc(Cl)cc1NC12CC3CC(CC(C3)C1)C2. The molecule has 4 fully saturated rings. The first-order valence-corrected chi connectivity index (χ1v) is 8.13. The molecule has 0 spiro atoms. The van der Waals surface area contributed by atoms with Crippen LogP contribution in [0.4, 0.5) is 11.4 Å². The normalized spacial score (nSPS) is 36.7. The molecule has 0 amide bonds. The van der Waals surface area contributed by atoms with Gasteiger partial charge in [-0.25, -0.2) is 0 Å². The molecule has 0 heterocycles. The van der Waals surface area contributed by atoms with E-state index in [4.69, 9.17) is 11.6 Å². The van der Waals surface area contributed by atoms with Gasteiger partial charge in [-0.2, -0.15) is 0 Å². The molecule has 4 aliphatic rings. The lowest BCUT2D eigenvalue weighted by Gasteiger charge is -2.57. The molecule has 1 N–H and O–H groups in total. The summed E-state index contributed by atoms with van der Waals surface area (Å²) < 4.78 is 0. The van der Waals surface area contributed by atoms with Crippen LogP contribution in [0.15, 0.2) is 18.2 Å². The molecular weight excluding hydrogens is 288 g/mol. The van der Waals surface area contributed by atoms with Crippen molar-refractivity contribution in [1.82, 2.24) is 0 Å². The highest BCUT2D eigenvalue weighted by atomic mass is 35.5. The Bertz CT molecular complexity index is 567. The van der Waals surface area contributed by atoms with Gasteiger partial charge in [-0.1, -0.05) is 11.6 Å². The third kappa shape index (κ3) is 2.30. The van der Waals surface area contributed by atoms with Crippen molar-refractivity contribution in [2.45, 2.75) is 44.1 Å². The summed E-state index contributed by atoms with van der Waals surface area (Å²) in [6, 6.07) is 4.80. The van der Waals surface area contributed by atoms with E-state index in [-0.39, 0.29) is 16.1 Å². The van der Waals surface area contributed by atoms with Gasteiger partial charge in [0.2, 0.25) is 0 Å². The highest BCUT2D eigenvalue weighted by Crippen LogP contribution is 2.57. The third-order valence-electron chi connectivity index (χ3n) is 5.59. The van der Waals surface area contributed by atoms with Crippen molar-refractivity contribution in [3.8, 4) is 0 Å². The minimum atomic E-state index is -0.320. The highest BCUT2D eigenvalue weighted by molar-refractivity contribution is 6.31. The van der Waals surface area contributed by atoms with Crippen molar-refractivity contribution in [3.05, 3.63) is 33.3 Å². The number of benzene rings is 1. The molecule has 0 unspecified atom stereocenters. The Morgan fingerprint density at radius 2 is 1.71 bits per heavy atom. The number of halogens is 1. The molecule has 0 atom stereocenters. The van der Waals surface area contributed by atoms with Crippen LogP contribution in [0.25, 0.3) is 0 Å². The first kappa shape index (κ1) is 13.4. The highest BCUT2D eigenvalue weighted by Gasteiger charge is 2.51. The van der Waals surface area contributed by atoms with Gasteiger partial charge < -0.3 is 5.32 Å². The Balaban J connectivity index is 1.67. The molecule has 0 saturated heterocycles. The molecule has 112 valence electrons. The second kappa shape index (κ2) is 4.60. The van der Waals surface area contributed by atoms with Crippen molar-refractivity contribution < 1.29 is 4.92 Å². The molecule has 1 aromatic rings. The predicted molar refractivity (Wildman–Crippen MR) is 82.6 cm³/mol. The van der Waals surface area contributed by atoms with Gasteiger partial charge in [0.25, 0.3) is 5.69 Å². The van der Waals surface area contributed by atoms with E-state index < -0.39 is 0 Å². The van der Waals surface area contributed by atoms with Crippen molar-refractivity contribution in [2.75, 3.05) is 5.32 Å². The Morgan fingerprint density at radius 3 is 2.24 bits per heavy atom. The summed E-state index contributed by atoms with van der Waals surface area (Å²) in [4.78, 5) is 10.9. The molecule has 5 rings (SSSR count). The van der Waals surface area contributed by atoms with Crippen LogP contribution in [0.2, 0.25) is 5.02 Å². The smallest absolute Gasteiger partial charge is 0.292 e. The van der Waals surface area contributed by atoms with Gasteiger partial charge in [0.15, 0.2) is 0 Å². The van der Waals surface area contributed by atoms with E-state index in [1.165, 1.54) is 25.3 Å². The number of rotatable bonds is 3. The second-order valence-electron chi connectivity index (χ2n) is 7.24. The minimum Gasteiger partial charge on any atom is -0.374 e. The van der Waals surface area contributed by atoms with Gasteiger partial charge in [0, 0.05) is 16.6 Å². The zero-order valence-electron chi connectivity index (χ0n) is 11.8. The lowest BCUT2D eigenvalue weighted by atomic mass is 9.53. The monoisotopic (exact) mass is 306 g/mol. The fourth-order valence-corrected chi connectivity index (χ4v) is 5.49. The summed E-state index contributed by atoms with van der Waals surface area (Å²) in [7, 11) is 0. The van der Waals surface area contributed by atoms with Gasteiger partial charge >= 0.3 is 0 Å². The maximum atomic E-state index is 11.2. The van der Waals surface area contributed by atoms with E-state index in [1.54, 1.807) is 12.1 Å². The van der Waals surface area contributed by atoms with Crippen LogP contribution in [-0.2, 0) is 0 Å². The van der Waals surface area contributed by atoms with E-state index in [9.17, 15) is 10.1 Å². The number of nitrogens with zero attached hydrogens (tertiary/aromatic N) is 1. The first-order valence-electron chi connectivity index (χ1n) is 7.75. The topological polar surface area (TPSA) is 55.2 Å². The molecule has 0 aromatic heterocycles. The largest absolute Gasteiger partial charge is 0.374 e. The lowest BCUT2D eigenvalue weighted by molar-refractivity contribution is -0.384. The minimum absolute atomic E-state index is 0.0597. The number of anilines is 1. The van der Waals surface area contributed by atoms with E-state index in [1.807, 2.05) is 0 Å². The quantitative estimate of drug-likeness (QED) is 0.654. The van der Waals surface area contributed by atoms with E-state index >= 15 is 0 Å². The summed E-state index contributed by atoms with van der Waals surface area (Å²) in [5, 5.41) is 15.3. The fraction of sp³-hybridized carbons (Fsp3) is 0.625. The Labute approximate surface area is 129 Å². The summed E-state index contributed by atoms with van der Waals surface area (Å²) in [5.41, 5.74) is 0.786. The fourth-order valence-electron chi connectivity index (χ4n) is 5.32. The van der Waals surface area contributed by atoms with Gasteiger partial charge in [-0.3, -0.25) is 10.1 Å². The van der Waals surface area contributed by atoms with Crippen molar-refractivity contribution in [1.29, 1.82) is 0 Å². The third-order valence-corrected chi connectivity index (χ3v) is 5.83. The number of nitro benzene ring substituents is 1. The number of nitrogens with one attached hydrogen (secondary N) is 1. The van der Waals surface area contributed by atoms with Crippen LogP contribution in [0.3, 0.4) is 0 Å². The first-order chi connectivity index (χ1) is 10.0. The molecule has 4 bridgehead atoms.